The number of nitrogens with zero attached hydrogens (tertiary/aromatic N) is 1. The summed E-state index contributed by atoms with van der Waals surface area (Å²) in [5, 5.41) is 6.17. The van der Waals surface area contributed by atoms with Crippen molar-refractivity contribution in [3.05, 3.63) is 35.4 Å². The molecular formula is C15H23F2N3O. The lowest BCUT2D eigenvalue weighted by Gasteiger charge is -2.11. The van der Waals surface area contributed by atoms with E-state index in [-0.39, 0.29) is 0 Å². The molecular weight excluding hydrogens is 276 g/mol. The first-order valence-electron chi connectivity index (χ1n) is 7.21. The lowest BCUT2D eigenvalue weighted by atomic mass is 10.1. The van der Waals surface area contributed by atoms with Crippen molar-refractivity contribution in [3.8, 4) is 0 Å². The van der Waals surface area contributed by atoms with Gasteiger partial charge in [0.15, 0.2) is 17.6 Å². The van der Waals surface area contributed by atoms with E-state index in [9.17, 15) is 8.78 Å². The lowest BCUT2D eigenvalue weighted by molar-refractivity contribution is 0.155. The van der Waals surface area contributed by atoms with Crippen LogP contribution in [-0.2, 0) is 11.2 Å². The number of rotatable bonds is 8. The SMILES string of the molecule is CCNC(=NCCOCC)NCCc1cccc(F)c1F. The molecule has 0 spiro atoms. The molecule has 0 radical (unpaired) electrons. The first kappa shape index (κ1) is 17.4. The number of halogens is 2. The summed E-state index contributed by atoms with van der Waals surface area (Å²) >= 11 is 0. The van der Waals surface area contributed by atoms with Crippen LogP contribution in [0.3, 0.4) is 0 Å². The van der Waals surface area contributed by atoms with Crippen molar-refractivity contribution < 1.29 is 13.5 Å². The van der Waals surface area contributed by atoms with E-state index < -0.39 is 11.6 Å². The van der Waals surface area contributed by atoms with E-state index in [2.05, 4.69) is 15.6 Å². The summed E-state index contributed by atoms with van der Waals surface area (Å²) in [6.45, 7) is 6.88. The van der Waals surface area contributed by atoms with E-state index in [0.29, 0.717) is 44.2 Å². The highest BCUT2D eigenvalue weighted by molar-refractivity contribution is 5.79. The number of hydrogen-bond acceptors (Lipinski definition) is 2. The molecule has 0 fully saturated rings. The Morgan fingerprint density at radius 1 is 1.24 bits per heavy atom. The molecule has 0 unspecified atom stereocenters. The van der Waals surface area contributed by atoms with Crippen molar-refractivity contribution in [2.75, 3.05) is 32.8 Å². The minimum atomic E-state index is -0.815. The van der Waals surface area contributed by atoms with Crippen LogP contribution in [-0.4, -0.2) is 38.8 Å². The Morgan fingerprint density at radius 2 is 2.05 bits per heavy atom. The van der Waals surface area contributed by atoms with Gasteiger partial charge in [0.05, 0.1) is 13.2 Å². The van der Waals surface area contributed by atoms with Gasteiger partial charge in [-0.3, -0.25) is 4.99 Å². The third-order valence-corrected chi connectivity index (χ3v) is 2.77. The van der Waals surface area contributed by atoms with Crippen LogP contribution < -0.4 is 10.6 Å². The number of aliphatic imine (C=N–C) groups is 1. The maximum absolute atomic E-state index is 13.5. The first-order chi connectivity index (χ1) is 10.2. The molecule has 0 saturated heterocycles. The van der Waals surface area contributed by atoms with Gasteiger partial charge in [0.2, 0.25) is 0 Å². The quantitative estimate of drug-likeness (QED) is 0.439. The fourth-order valence-corrected chi connectivity index (χ4v) is 1.77. The highest BCUT2D eigenvalue weighted by atomic mass is 19.2. The fraction of sp³-hybridized carbons (Fsp3) is 0.533. The molecule has 6 heteroatoms. The van der Waals surface area contributed by atoms with Crippen LogP contribution in [0.4, 0.5) is 8.78 Å². The van der Waals surface area contributed by atoms with Crippen molar-refractivity contribution in [1.29, 1.82) is 0 Å². The number of benzene rings is 1. The average molecular weight is 299 g/mol. The van der Waals surface area contributed by atoms with Crippen LogP contribution in [0.1, 0.15) is 19.4 Å². The van der Waals surface area contributed by atoms with Gasteiger partial charge in [0, 0.05) is 19.7 Å². The minimum Gasteiger partial charge on any atom is -0.380 e. The second kappa shape index (κ2) is 10.1. The largest absolute Gasteiger partial charge is 0.380 e. The summed E-state index contributed by atoms with van der Waals surface area (Å²) in [6.07, 6.45) is 0.388. The molecule has 118 valence electrons. The van der Waals surface area contributed by atoms with Crippen LogP contribution in [0, 0.1) is 11.6 Å². The molecule has 0 aliphatic carbocycles. The molecule has 0 bridgehead atoms. The molecule has 0 saturated carbocycles. The number of ether oxygens (including phenoxy) is 1. The van der Waals surface area contributed by atoms with E-state index >= 15 is 0 Å². The standard InChI is InChI=1S/C15H23F2N3O/c1-3-18-15(20-10-11-21-4-2)19-9-8-12-6-5-7-13(16)14(12)17/h5-7H,3-4,8-11H2,1-2H3,(H2,18,19,20). The van der Waals surface area contributed by atoms with Gasteiger partial charge in [-0.15, -0.1) is 0 Å². The van der Waals surface area contributed by atoms with Gasteiger partial charge in [-0.1, -0.05) is 12.1 Å². The summed E-state index contributed by atoms with van der Waals surface area (Å²) in [7, 11) is 0. The van der Waals surface area contributed by atoms with Gasteiger partial charge < -0.3 is 15.4 Å². The van der Waals surface area contributed by atoms with Crippen molar-refractivity contribution in [2.24, 2.45) is 4.99 Å². The monoisotopic (exact) mass is 299 g/mol. The van der Waals surface area contributed by atoms with E-state index in [1.165, 1.54) is 6.07 Å². The van der Waals surface area contributed by atoms with Crippen LogP contribution in [0.15, 0.2) is 23.2 Å². The molecule has 0 aliphatic heterocycles. The normalized spacial score (nSPS) is 11.5. The van der Waals surface area contributed by atoms with E-state index in [1.54, 1.807) is 6.07 Å². The predicted octanol–water partition coefficient (Wildman–Crippen LogP) is 2.10. The molecule has 4 nitrogen and oxygen atoms in total. The zero-order valence-electron chi connectivity index (χ0n) is 12.6. The third kappa shape index (κ3) is 6.53. The molecule has 0 atom stereocenters. The Morgan fingerprint density at radius 3 is 2.76 bits per heavy atom. The Hall–Kier alpha value is -1.69. The Balaban J connectivity index is 2.44. The highest BCUT2D eigenvalue weighted by Gasteiger charge is 2.07. The molecule has 21 heavy (non-hydrogen) atoms. The topological polar surface area (TPSA) is 45.7 Å². The maximum Gasteiger partial charge on any atom is 0.191 e. The van der Waals surface area contributed by atoms with Gasteiger partial charge in [-0.05, 0) is 31.9 Å². The summed E-state index contributed by atoms with van der Waals surface area (Å²) in [6, 6.07) is 4.21. The fourth-order valence-electron chi connectivity index (χ4n) is 1.77. The Bertz CT molecular complexity index is 453. The molecule has 0 amide bonds. The maximum atomic E-state index is 13.5. The van der Waals surface area contributed by atoms with Gasteiger partial charge >= 0.3 is 0 Å². The van der Waals surface area contributed by atoms with Crippen molar-refractivity contribution in [3.63, 3.8) is 0 Å². The summed E-state index contributed by atoms with van der Waals surface area (Å²) in [4.78, 5) is 4.32. The molecule has 0 aliphatic rings. The first-order valence-corrected chi connectivity index (χ1v) is 7.21. The van der Waals surface area contributed by atoms with Crippen LogP contribution in [0.2, 0.25) is 0 Å². The third-order valence-electron chi connectivity index (χ3n) is 2.77. The Kier molecular flexibility index (Phi) is 8.35. The van der Waals surface area contributed by atoms with Gasteiger partial charge in [0.25, 0.3) is 0 Å². The zero-order valence-corrected chi connectivity index (χ0v) is 12.6. The smallest absolute Gasteiger partial charge is 0.191 e. The van der Waals surface area contributed by atoms with E-state index in [4.69, 9.17) is 4.74 Å². The lowest BCUT2D eigenvalue weighted by Crippen LogP contribution is -2.38. The molecule has 2 N–H and O–H groups in total. The van der Waals surface area contributed by atoms with Gasteiger partial charge in [-0.2, -0.15) is 0 Å². The van der Waals surface area contributed by atoms with Crippen LogP contribution in [0.5, 0.6) is 0 Å². The summed E-state index contributed by atoms with van der Waals surface area (Å²) in [5.74, 6) is -0.948. The number of hydrogen-bond donors (Lipinski definition) is 2. The van der Waals surface area contributed by atoms with E-state index in [0.717, 1.165) is 12.6 Å². The predicted molar refractivity (Wildman–Crippen MR) is 80.5 cm³/mol. The molecule has 1 rings (SSSR count). The van der Waals surface area contributed by atoms with Gasteiger partial charge in [0.1, 0.15) is 0 Å². The van der Waals surface area contributed by atoms with Crippen LogP contribution in [0.25, 0.3) is 0 Å². The molecule has 1 aromatic carbocycles. The molecule has 0 heterocycles. The minimum absolute atomic E-state index is 0.354. The Labute approximate surface area is 124 Å². The second-order valence-corrected chi connectivity index (χ2v) is 4.35. The van der Waals surface area contributed by atoms with E-state index in [1.807, 2.05) is 13.8 Å². The van der Waals surface area contributed by atoms with Crippen molar-refractivity contribution in [1.82, 2.24) is 10.6 Å². The number of nitrogens with one attached hydrogen (secondary N) is 2. The van der Waals surface area contributed by atoms with Crippen molar-refractivity contribution >= 4 is 5.96 Å². The second-order valence-electron chi connectivity index (χ2n) is 4.35. The highest BCUT2D eigenvalue weighted by Crippen LogP contribution is 2.11. The molecule has 0 aromatic heterocycles. The average Bonchev–Trinajstić information content (AvgIpc) is 2.48. The van der Waals surface area contributed by atoms with Crippen LogP contribution >= 0.6 is 0 Å². The van der Waals surface area contributed by atoms with Crippen molar-refractivity contribution in [2.45, 2.75) is 20.3 Å². The number of guanidine groups is 1. The summed E-state index contributed by atoms with van der Waals surface area (Å²) < 4.78 is 31.8. The zero-order chi connectivity index (χ0) is 15.5. The molecule has 1 aromatic rings. The summed E-state index contributed by atoms with van der Waals surface area (Å²) in [5.41, 5.74) is 0.354. The van der Waals surface area contributed by atoms with Gasteiger partial charge in [-0.25, -0.2) is 8.78 Å².